The molecule has 0 N–H and O–H groups in total. The van der Waals surface area contributed by atoms with Crippen molar-refractivity contribution in [3.05, 3.63) is 54.4 Å². The summed E-state index contributed by atoms with van der Waals surface area (Å²) in [5, 5.41) is 0. The highest BCUT2D eigenvalue weighted by Crippen LogP contribution is 2.27. The lowest BCUT2D eigenvalue weighted by atomic mass is 10.1. The van der Waals surface area contributed by atoms with E-state index < -0.39 is 6.04 Å². The zero-order valence-electron chi connectivity index (χ0n) is 13.8. The minimum absolute atomic E-state index is 0.120. The molecule has 1 aromatic heterocycles. The average molecular weight is 338 g/mol. The second-order valence-corrected chi connectivity index (χ2v) is 6.26. The van der Waals surface area contributed by atoms with Crippen LogP contribution in [-0.4, -0.2) is 57.9 Å². The van der Waals surface area contributed by atoms with Crippen molar-refractivity contribution in [1.82, 2.24) is 14.4 Å². The van der Waals surface area contributed by atoms with Crippen molar-refractivity contribution in [3.8, 4) is 0 Å². The van der Waals surface area contributed by atoms with Crippen LogP contribution in [0.2, 0.25) is 0 Å². The molecule has 1 aromatic carbocycles. The molecule has 128 valence electrons. The highest BCUT2D eigenvalue weighted by molar-refractivity contribution is 6.21. The van der Waals surface area contributed by atoms with E-state index in [1.54, 1.807) is 44.7 Å². The van der Waals surface area contributed by atoms with Crippen LogP contribution in [0.1, 0.15) is 10.5 Å². The SMILES string of the molecule is Cn1cccc1C(=O)N1CCN2C(=O)N(c3ccccc3)C(=O)[C@@H]2C1. The number of aromatic nitrogens is 1. The molecule has 4 amide bonds. The van der Waals surface area contributed by atoms with E-state index in [4.69, 9.17) is 0 Å². The van der Waals surface area contributed by atoms with Crippen molar-refractivity contribution in [2.75, 3.05) is 24.5 Å². The summed E-state index contributed by atoms with van der Waals surface area (Å²) in [6, 6.07) is 11.5. The van der Waals surface area contributed by atoms with Crippen LogP contribution in [0.3, 0.4) is 0 Å². The first-order valence-corrected chi connectivity index (χ1v) is 8.18. The molecule has 3 heterocycles. The Balaban J connectivity index is 1.57. The minimum atomic E-state index is -0.620. The Bertz CT molecular complexity index is 845. The Morgan fingerprint density at radius 1 is 1.04 bits per heavy atom. The van der Waals surface area contributed by atoms with Gasteiger partial charge in [0.1, 0.15) is 11.7 Å². The van der Waals surface area contributed by atoms with Gasteiger partial charge in [-0.25, -0.2) is 9.69 Å². The summed E-state index contributed by atoms with van der Waals surface area (Å²) in [5.41, 5.74) is 1.14. The zero-order valence-corrected chi connectivity index (χ0v) is 13.8. The molecule has 7 nitrogen and oxygen atoms in total. The molecule has 1 atom stereocenters. The number of anilines is 1. The fourth-order valence-corrected chi connectivity index (χ4v) is 3.44. The number of urea groups is 1. The highest BCUT2D eigenvalue weighted by Gasteiger charge is 2.49. The van der Waals surface area contributed by atoms with Crippen molar-refractivity contribution < 1.29 is 14.4 Å². The highest BCUT2D eigenvalue weighted by atomic mass is 16.2. The van der Waals surface area contributed by atoms with Crippen molar-refractivity contribution in [2.24, 2.45) is 7.05 Å². The van der Waals surface area contributed by atoms with Crippen LogP contribution in [0.4, 0.5) is 10.5 Å². The number of aryl methyl sites for hydroxylation is 1. The number of hydrogen-bond acceptors (Lipinski definition) is 3. The quantitative estimate of drug-likeness (QED) is 0.776. The molecule has 0 aliphatic carbocycles. The second-order valence-electron chi connectivity index (χ2n) is 6.26. The monoisotopic (exact) mass is 338 g/mol. The summed E-state index contributed by atoms with van der Waals surface area (Å²) in [5.74, 6) is -0.397. The standard InChI is InChI=1S/C18H18N4O3/c1-19-9-5-8-14(19)16(23)20-10-11-21-15(12-20)17(24)22(18(21)25)13-6-3-2-4-7-13/h2-9,15H,10-12H2,1H3/t15-/m0/s1. The zero-order chi connectivity index (χ0) is 17.6. The molecule has 2 saturated heterocycles. The number of para-hydroxylation sites is 1. The predicted molar refractivity (Wildman–Crippen MR) is 91.1 cm³/mol. The molecule has 2 aliphatic rings. The number of benzene rings is 1. The third-order valence-electron chi connectivity index (χ3n) is 4.79. The third kappa shape index (κ3) is 2.39. The molecule has 0 unspecified atom stereocenters. The number of carbonyl (C=O) groups is 3. The van der Waals surface area contributed by atoms with Gasteiger partial charge in [0.2, 0.25) is 0 Å². The lowest BCUT2D eigenvalue weighted by Crippen LogP contribution is -2.54. The molecule has 2 aromatic rings. The smallest absolute Gasteiger partial charge is 0.332 e. The Morgan fingerprint density at radius 2 is 1.80 bits per heavy atom. The summed E-state index contributed by atoms with van der Waals surface area (Å²) in [4.78, 5) is 42.5. The number of imide groups is 1. The number of amides is 4. The third-order valence-corrected chi connectivity index (χ3v) is 4.79. The van der Waals surface area contributed by atoms with E-state index in [1.165, 1.54) is 4.90 Å². The van der Waals surface area contributed by atoms with Crippen LogP contribution in [0.25, 0.3) is 0 Å². The number of fused-ring (bicyclic) bond motifs is 1. The fraction of sp³-hybridized carbons (Fsp3) is 0.278. The van der Waals surface area contributed by atoms with Gasteiger partial charge in [0.05, 0.1) is 12.2 Å². The second kappa shape index (κ2) is 5.77. The van der Waals surface area contributed by atoms with Gasteiger partial charge in [-0.2, -0.15) is 0 Å². The van der Waals surface area contributed by atoms with E-state index in [0.717, 1.165) is 0 Å². The van der Waals surface area contributed by atoms with Gasteiger partial charge in [0, 0.05) is 26.3 Å². The summed E-state index contributed by atoms with van der Waals surface area (Å²) in [6.45, 7) is 0.995. The summed E-state index contributed by atoms with van der Waals surface area (Å²) < 4.78 is 1.76. The van der Waals surface area contributed by atoms with Crippen molar-refractivity contribution in [1.29, 1.82) is 0 Å². The van der Waals surface area contributed by atoms with Crippen LogP contribution in [0, 0.1) is 0 Å². The maximum atomic E-state index is 12.8. The van der Waals surface area contributed by atoms with Gasteiger partial charge in [-0.3, -0.25) is 9.59 Å². The molecular formula is C18H18N4O3. The Kier molecular flexibility index (Phi) is 3.56. The van der Waals surface area contributed by atoms with Gasteiger partial charge in [-0.15, -0.1) is 0 Å². The first-order chi connectivity index (χ1) is 12.1. The molecule has 0 bridgehead atoms. The molecule has 7 heteroatoms. The number of hydrogen-bond donors (Lipinski definition) is 0. The van der Waals surface area contributed by atoms with E-state index >= 15 is 0 Å². The molecule has 2 fully saturated rings. The molecule has 2 aliphatic heterocycles. The fourth-order valence-electron chi connectivity index (χ4n) is 3.44. The van der Waals surface area contributed by atoms with Crippen LogP contribution in [0.5, 0.6) is 0 Å². The minimum Gasteiger partial charge on any atom is -0.347 e. The molecule has 0 radical (unpaired) electrons. The van der Waals surface area contributed by atoms with Crippen molar-refractivity contribution in [3.63, 3.8) is 0 Å². The summed E-state index contributed by atoms with van der Waals surface area (Å²) in [7, 11) is 1.81. The van der Waals surface area contributed by atoms with Crippen molar-refractivity contribution in [2.45, 2.75) is 6.04 Å². The number of rotatable bonds is 2. The van der Waals surface area contributed by atoms with Crippen LogP contribution < -0.4 is 4.90 Å². The van der Waals surface area contributed by atoms with Gasteiger partial charge in [0.15, 0.2) is 0 Å². The van der Waals surface area contributed by atoms with Crippen LogP contribution in [-0.2, 0) is 11.8 Å². The van der Waals surface area contributed by atoms with Gasteiger partial charge < -0.3 is 14.4 Å². The number of nitrogens with zero attached hydrogens (tertiary/aromatic N) is 4. The first kappa shape index (κ1) is 15.4. The first-order valence-electron chi connectivity index (χ1n) is 8.18. The van der Waals surface area contributed by atoms with E-state index in [1.807, 2.05) is 25.4 Å². The van der Waals surface area contributed by atoms with E-state index in [-0.39, 0.29) is 24.4 Å². The average Bonchev–Trinajstić information content (AvgIpc) is 3.17. The number of carbonyl (C=O) groups excluding carboxylic acids is 3. The Hall–Kier alpha value is -3.09. The predicted octanol–water partition coefficient (Wildman–Crippen LogP) is 1.32. The summed E-state index contributed by atoms with van der Waals surface area (Å²) >= 11 is 0. The molecular weight excluding hydrogens is 320 g/mol. The van der Waals surface area contributed by atoms with Gasteiger partial charge in [-0.1, -0.05) is 18.2 Å². The van der Waals surface area contributed by atoms with Gasteiger partial charge >= 0.3 is 6.03 Å². The molecule has 0 saturated carbocycles. The number of piperazine rings is 1. The van der Waals surface area contributed by atoms with E-state index in [2.05, 4.69) is 0 Å². The lowest BCUT2D eigenvalue weighted by molar-refractivity contribution is -0.120. The summed E-state index contributed by atoms with van der Waals surface area (Å²) in [6.07, 6.45) is 1.81. The maximum absolute atomic E-state index is 12.8. The molecule has 4 rings (SSSR count). The lowest BCUT2D eigenvalue weighted by Gasteiger charge is -2.35. The largest absolute Gasteiger partial charge is 0.347 e. The molecule has 0 spiro atoms. The van der Waals surface area contributed by atoms with Crippen molar-refractivity contribution >= 4 is 23.5 Å². The van der Waals surface area contributed by atoms with Crippen LogP contribution in [0.15, 0.2) is 48.7 Å². The topological polar surface area (TPSA) is 65.9 Å². The van der Waals surface area contributed by atoms with Crippen LogP contribution >= 0.6 is 0 Å². The maximum Gasteiger partial charge on any atom is 0.332 e. The molecule has 25 heavy (non-hydrogen) atoms. The Morgan fingerprint density at radius 3 is 2.48 bits per heavy atom. The Labute approximate surface area is 145 Å². The van der Waals surface area contributed by atoms with E-state index in [0.29, 0.717) is 24.5 Å². The normalized spacial score (nSPS) is 20.2. The van der Waals surface area contributed by atoms with Gasteiger partial charge in [0.25, 0.3) is 11.8 Å². The van der Waals surface area contributed by atoms with Gasteiger partial charge in [-0.05, 0) is 24.3 Å². The van der Waals surface area contributed by atoms with E-state index in [9.17, 15) is 14.4 Å².